The summed E-state index contributed by atoms with van der Waals surface area (Å²) >= 11 is 0. The van der Waals surface area contributed by atoms with Crippen molar-refractivity contribution in [3.8, 4) is 0 Å². The van der Waals surface area contributed by atoms with E-state index in [1.165, 1.54) is 26.2 Å². The number of ketones is 1. The number of nitrogens with zero attached hydrogens (tertiary/aromatic N) is 4. The van der Waals surface area contributed by atoms with Gasteiger partial charge in [0.05, 0.1) is 6.42 Å². The predicted octanol–water partition coefficient (Wildman–Crippen LogP) is 4.17. The Hall–Kier alpha value is -3.09. The smallest absolute Gasteiger partial charge is 0.252 e. The SMILES string of the molecule is CC(=O)c1cccc(NC(=O)Cc2c(C)nc3nc(C4CCCCC4)nn3c2C)c1. The Morgan fingerprint density at radius 3 is 2.63 bits per heavy atom. The average Bonchev–Trinajstić information content (AvgIpc) is 3.16. The molecule has 7 nitrogen and oxygen atoms in total. The molecule has 1 aliphatic carbocycles. The number of nitrogens with one attached hydrogen (secondary N) is 1. The van der Waals surface area contributed by atoms with Gasteiger partial charge in [-0.25, -0.2) is 9.50 Å². The molecule has 2 heterocycles. The van der Waals surface area contributed by atoms with Crippen LogP contribution in [0.3, 0.4) is 0 Å². The summed E-state index contributed by atoms with van der Waals surface area (Å²) in [7, 11) is 0. The first-order chi connectivity index (χ1) is 14.4. The van der Waals surface area contributed by atoms with Crippen molar-refractivity contribution in [2.75, 3.05) is 5.32 Å². The van der Waals surface area contributed by atoms with Crippen LogP contribution >= 0.6 is 0 Å². The first kappa shape index (κ1) is 20.2. The number of fused-ring (bicyclic) bond motifs is 1. The van der Waals surface area contributed by atoms with Crippen LogP contribution in [0.15, 0.2) is 24.3 Å². The number of hydrogen-bond donors (Lipinski definition) is 1. The standard InChI is InChI=1S/C23H27N5O2/c1-14-20(13-21(30)25-19-11-7-10-18(12-19)16(3)29)15(2)28-23(24-14)26-22(27-28)17-8-5-4-6-9-17/h7,10-12,17H,4-6,8-9,13H2,1-3H3,(H,25,30). The fourth-order valence-corrected chi connectivity index (χ4v) is 4.20. The van der Waals surface area contributed by atoms with E-state index in [1.54, 1.807) is 28.8 Å². The van der Waals surface area contributed by atoms with Crippen molar-refractivity contribution in [3.05, 3.63) is 52.6 Å². The molecule has 1 aromatic carbocycles. The molecule has 0 bridgehead atoms. The lowest BCUT2D eigenvalue weighted by molar-refractivity contribution is -0.115. The number of carbonyl (C=O) groups excluding carboxylic acids is 2. The van der Waals surface area contributed by atoms with E-state index in [1.807, 2.05) is 13.8 Å². The highest BCUT2D eigenvalue weighted by molar-refractivity contribution is 5.97. The Morgan fingerprint density at radius 1 is 1.13 bits per heavy atom. The molecule has 0 radical (unpaired) electrons. The first-order valence-electron chi connectivity index (χ1n) is 10.6. The highest BCUT2D eigenvalue weighted by atomic mass is 16.1. The van der Waals surface area contributed by atoms with E-state index in [-0.39, 0.29) is 18.1 Å². The molecule has 30 heavy (non-hydrogen) atoms. The summed E-state index contributed by atoms with van der Waals surface area (Å²) in [6.45, 7) is 5.37. The molecule has 1 aliphatic rings. The second kappa shape index (κ2) is 8.34. The van der Waals surface area contributed by atoms with Crippen LogP contribution in [0.4, 0.5) is 5.69 Å². The maximum absolute atomic E-state index is 12.7. The minimum absolute atomic E-state index is 0.0348. The van der Waals surface area contributed by atoms with Crippen LogP contribution in [0.25, 0.3) is 5.78 Å². The van der Waals surface area contributed by atoms with E-state index in [9.17, 15) is 9.59 Å². The fourth-order valence-electron chi connectivity index (χ4n) is 4.20. The summed E-state index contributed by atoms with van der Waals surface area (Å²) in [4.78, 5) is 33.5. The third-order valence-electron chi connectivity index (χ3n) is 5.93. The second-order valence-corrected chi connectivity index (χ2v) is 8.14. The molecule has 3 aromatic rings. The number of Topliss-reactive ketones (excluding diaryl/α,β-unsaturated/α-hetero) is 1. The molecule has 1 saturated carbocycles. The van der Waals surface area contributed by atoms with Crippen LogP contribution in [-0.4, -0.2) is 31.3 Å². The third kappa shape index (κ3) is 4.10. The van der Waals surface area contributed by atoms with Crippen molar-refractivity contribution >= 4 is 23.2 Å². The summed E-state index contributed by atoms with van der Waals surface area (Å²) in [6.07, 6.45) is 6.18. The van der Waals surface area contributed by atoms with Gasteiger partial charge in [-0.1, -0.05) is 31.4 Å². The monoisotopic (exact) mass is 405 g/mol. The maximum atomic E-state index is 12.7. The topological polar surface area (TPSA) is 89.2 Å². The number of carbonyl (C=O) groups is 2. The lowest BCUT2D eigenvalue weighted by Crippen LogP contribution is -2.18. The minimum atomic E-state index is -0.157. The number of aromatic nitrogens is 4. The number of hydrogen-bond acceptors (Lipinski definition) is 5. The summed E-state index contributed by atoms with van der Waals surface area (Å²) in [5, 5.41) is 7.61. The Morgan fingerprint density at radius 2 is 1.90 bits per heavy atom. The van der Waals surface area contributed by atoms with E-state index in [4.69, 9.17) is 5.10 Å². The molecule has 0 spiro atoms. The van der Waals surface area contributed by atoms with Gasteiger partial charge in [0.15, 0.2) is 11.6 Å². The number of anilines is 1. The lowest BCUT2D eigenvalue weighted by atomic mass is 9.89. The molecule has 0 saturated heterocycles. The molecular weight excluding hydrogens is 378 g/mol. The lowest BCUT2D eigenvalue weighted by Gasteiger charge is -2.17. The van der Waals surface area contributed by atoms with Gasteiger partial charge in [-0.15, -0.1) is 5.10 Å². The zero-order valence-electron chi connectivity index (χ0n) is 17.7. The number of rotatable bonds is 5. The van der Waals surface area contributed by atoms with Crippen molar-refractivity contribution in [1.29, 1.82) is 0 Å². The van der Waals surface area contributed by atoms with Crippen molar-refractivity contribution in [3.63, 3.8) is 0 Å². The highest BCUT2D eigenvalue weighted by Crippen LogP contribution is 2.31. The van der Waals surface area contributed by atoms with Crippen LogP contribution in [0.5, 0.6) is 0 Å². The second-order valence-electron chi connectivity index (χ2n) is 8.14. The predicted molar refractivity (Wildman–Crippen MR) is 115 cm³/mol. The van der Waals surface area contributed by atoms with Gasteiger partial charge >= 0.3 is 0 Å². The first-order valence-corrected chi connectivity index (χ1v) is 10.6. The zero-order valence-corrected chi connectivity index (χ0v) is 17.7. The summed E-state index contributed by atoms with van der Waals surface area (Å²) in [5.74, 6) is 1.68. The largest absolute Gasteiger partial charge is 0.326 e. The molecule has 0 unspecified atom stereocenters. The van der Waals surface area contributed by atoms with Gasteiger partial charge in [0.25, 0.3) is 5.78 Å². The molecule has 4 rings (SSSR count). The average molecular weight is 406 g/mol. The molecule has 2 aromatic heterocycles. The van der Waals surface area contributed by atoms with E-state index in [0.717, 1.165) is 35.6 Å². The number of amides is 1. The molecular formula is C23H27N5O2. The van der Waals surface area contributed by atoms with Gasteiger partial charge in [-0.05, 0) is 45.7 Å². The molecule has 156 valence electrons. The quantitative estimate of drug-likeness (QED) is 0.644. The van der Waals surface area contributed by atoms with Gasteiger partial charge in [-0.3, -0.25) is 9.59 Å². The summed E-state index contributed by atoms with van der Waals surface area (Å²) in [5.41, 5.74) is 3.70. The maximum Gasteiger partial charge on any atom is 0.252 e. The highest BCUT2D eigenvalue weighted by Gasteiger charge is 2.22. The fraction of sp³-hybridized carbons (Fsp3) is 0.435. The van der Waals surface area contributed by atoms with Crippen molar-refractivity contribution < 1.29 is 9.59 Å². The van der Waals surface area contributed by atoms with Crippen molar-refractivity contribution in [2.45, 2.75) is 65.2 Å². The molecule has 7 heteroatoms. The van der Waals surface area contributed by atoms with Crippen LogP contribution < -0.4 is 5.32 Å². The number of benzene rings is 1. The molecule has 1 N–H and O–H groups in total. The van der Waals surface area contributed by atoms with Gasteiger partial charge in [0.2, 0.25) is 5.91 Å². The Kier molecular flexibility index (Phi) is 5.61. The van der Waals surface area contributed by atoms with Crippen LogP contribution in [0.2, 0.25) is 0 Å². The zero-order chi connectivity index (χ0) is 21.3. The minimum Gasteiger partial charge on any atom is -0.326 e. The molecule has 0 aliphatic heterocycles. The van der Waals surface area contributed by atoms with Crippen LogP contribution in [0, 0.1) is 13.8 Å². The Labute approximate surface area is 175 Å². The van der Waals surface area contributed by atoms with E-state index < -0.39 is 0 Å². The number of aryl methyl sites for hydroxylation is 2. The Balaban J connectivity index is 1.56. The third-order valence-corrected chi connectivity index (χ3v) is 5.93. The van der Waals surface area contributed by atoms with Gasteiger partial charge in [-0.2, -0.15) is 4.98 Å². The molecule has 1 fully saturated rings. The van der Waals surface area contributed by atoms with E-state index >= 15 is 0 Å². The van der Waals surface area contributed by atoms with Gasteiger partial charge < -0.3 is 5.32 Å². The van der Waals surface area contributed by atoms with E-state index in [2.05, 4.69) is 15.3 Å². The van der Waals surface area contributed by atoms with Gasteiger partial charge in [0.1, 0.15) is 0 Å². The normalized spacial score (nSPS) is 14.8. The van der Waals surface area contributed by atoms with Gasteiger partial charge in [0, 0.05) is 34.1 Å². The van der Waals surface area contributed by atoms with Crippen molar-refractivity contribution in [2.24, 2.45) is 0 Å². The molecule has 0 atom stereocenters. The van der Waals surface area contributed by atoms with Crippen LogP contribution in [-0.2, 0) is 11.2 Å². The molecule has 1 amide bonds. The van der Waals surface area contributed by atoms with E-state index in [0.29, 0.717) is 22.9 Å². The summed E-state index contributed by atoms with van der Waals surface area (Å²) < 4.78 is 1.77. The summed E-state index contributed by atoms with van der Waals surface area (Å²) in [6, 6.07) is 6.96. The van der Waals surface area contributed by atoms with Crippen LogP contribution in [0.1, 0.15) is 78.1 Å². The Bertz CT molecular complexity index is 1110. The van der Waals surface area contributed by atoms with Crippen molar-refractivity contribution in [1.82, 2.24) is 19.6 Å².